The summed E-state index contributed by atoms with van der Waals surface area (Å²) in [7, 11) is 1.71. The van der Waals surface area contributed by atoms with Crippen molar-refractivity contribution >= 4 is 5.57 Å². The number of hydrogen-bond acceptors (Lipinski definition) is 1. The van der Waals surface area contributed by atoms with Crippen molar-refractivity contribution in [3.8, 4) is 0 Å². The van der Waals surface area contributed by atoms with Crippen molar-refractivity contribution < 1.29 is 4.74 Å². The zero-order chi connectivity index (χ0) is 10.7. The predicted molar refractivity (Wildman–Crippen MR) is 61.2 cm³/mol. The molecule has 0 saturated carbocycles. The topological polar surface area (TPSA) is 9.23 Å². The summed E-state index contributed by atoms with van der Waals surface area (Å²) in [6.07, 6.45) is 0. The van der Waals surface area contributed by atoms with Crippen LogP contribution in [-0.2, 0) is 4.74 Å². The molecule has 0 amide bonds. The molecule has 0 aromatic heterocycles. The number of hydrogen-bond donors (Lipinski definition) is 0. The van der Waals surface area contributed by atoms with E-state index in [1.165, 1.54) is 22.3 Å². The molecule has 1 heteroatoms. The quantitative estimate of drug-likeness (QED) is 0.646. The third kappa shape index (κ3) is 2.38. The second-order valence-electron chi connectivity index (χ2n) is 3.76. The lowest BCUT2D eigenvalue weighted by atomic mass is 10.0. The van der Waals surface area contributed by atoms with Crippen LogP contribution in [0.5, 0.6) is 0 Å². The Hall–Kier alpha value is -1.24. The monoisotopic (exact) mass is 190 g/mol. The molecular weight excluding hydrogens is 172 g/mol. The lowest BCUT2D eigenvalue weighted by molar-refractivity contribution is 0.295. The summed E-state index contributed by atoms with van der Waals surface area (Å²) < 4.78 is 5.23. The molecule has 1 nitrogen and oxygen atoms in total. The van der Waals surface area contributed by atoms with Crippen LogP contribution in [0.3, 0.4) is 0 Å². The van der Waals surface area contributed by atoms with Gasteiger partial charge in [-0.3, -0.25) is 0 Å². The molecule has 0 unspecified atom stereocenters. The Bertz CT molecular complexity index is 341. The normalized spacial score (nSPS) is 12.4. The molecule has 1 rings (SSSR count). The zero-order valence-electron chi connectivity index (χ0n) is 9.64. The number of benzene rings is 1. The number of allylic oxidation sites excluding steroid dienone is 2. The van der Waals surface area contributed by atoms with Gasteiger partial charge in [0.2, 0.25) is 0 Å². The van der Waals surface area contributed by atoms with Crippen LogP contribution in [-0.4, -0.2) is 7.11 Å². The van der Waals surface area contributed by atoms with E-state index in [9.17, 15) is 0 Å². The molecule has 0 N–H and O–H groups in total. The highest BCUT2D eigenvalue weighted by atomic mass is 16.5. The van der Waals surface area contributed by atoms with Crippen molar-refractivity contribution in [2.24, 2.45) is 0 Å². The maximum atomic E-state index is 5.23. The van der Waals surface area contributed by atoms with Crippen molar-refractivity contribution in [1.82, 2.24) is 0 Å². The minimum Gasteiger partial charge on any atom is -0.501 e. The van der Waals surface area contributed by atoms with Gasteiger partial charge in [-0.25, -0.2) is 0 Å². The van der Waals surface area contributed by atoms with E-state index in [1.54, 1.807) is 7.11 Å². The highest BCUT2D eigenvalue weighted by Crippen LogP contribution is 2.20. The molecular formula is C13H18O. The first-order chi connectivity index (χ1) is 6.54. The first-order valence-electron chi connectivity index (χ1n) is 4.84. The number of rotatable bonds is 2. The van der Waals surface area contributed by atoms with Crippen LogP contribution in [0.25, 0.3) is 5.57 Å². The average Bonchev–Trinajstić information content (AvgIpc) is 2.14. The molecule has 0 heterocycles. The summed E-state index contributed by atoms with van der Waals surface area (Å²) in [5.41, 5.74) is 5.05. The molecule has 0 fully saturated rings. The van der Waals surface area contributed by atoms with E-state index >= 15 is 0 Å². The van der Waals surface area contributed by atoms with Gasteiger partial charge >= 0.3 is 0 Å². The molecule has 0 saturated heterocycles. The Labute approximate surface area is 86.4 Å². The fraction of sp³-hybridized carbons (Fsp3) is 0.385. The highest BCUT2D eigenvalue weighted by Gasteiger charge is 2.01. The van der Waals surface area contributed by atoms with Crippen molar-refractivity contribution in [3.63, 3.8) is 0 Å². The van der Waals surface area contributed by atoms with Crippen molar-refractivity contribution in [1.29, 1.82) is 0 Å². The Kier molecular flexibility index (Phi) is 3.34. The van der Waals surface area contributed by atoms with Crippen molar-refractivity contribution in [2.45, 2.75) is 27.7 Å². The summed E-state index contributed by atoms with van der Waals surface area (Å²) in [6.45, 7) is 8.32. The van der Waals surface area contributed by atoms with E-state index in [0.29, 0.717) is 0 Å². The van der Waals surface area contributed by atoms with Gasteiger partial charge in [0.15, 0.2) is 0 Å². The Morgan fingerprint density at radius 2 is 1.50 bits per heavy atom. The molecule has 76 valence electrons. The van der Waals surface area contributed by atoms with E-state index in [0.717, 1.165) is 5.76 Å². The summed E-state index contributed by atoms with van der Waals surface area (Å²) >= 11 is 0. The van der Waals surface area contributed by atoms with Gasteiger partial charge in [-0.1, -0.05) is 29.3 Å². The lowest BCUT2D eigenvalue weighted by Gasteiger charge is -2.08. The first kappa shape index (κ1) is 10.8. The number of aryl methyl sites for hydroxylation is 2. The lowest BCUT2D eigenvalue weighted by Crippen LogP contribution is -1.89. The molecule has 1 aromatic carbocycles. The Balaban J connectivity index is 3.20. The molecule has 0 spiro atoms. The standard InChI is InChI=1S/C13H18O/c1-9-6-10(2)8-13(7-9)11(3)12(4)14-5/h6-8H,1-5H3/b12-11-. The summed E-state index contributed by atoms with van der Waals surface area (Å²) in [5.74, 6) is 0.981. The van der Waals surface area contributed by atoms with Gasteiger partial charge in [-0.15, -0.1) is 0 Å². The molecule has 1 aromatic rings. The number of methoxy groups -OCH3 is 1. The average molecular weight is 190 g/mol. The zero-order valence-corrected chi connectivity index (χ0v) is 9.64. The first-order valence-corrected chi connectivity index (χ1v) is 4.84. The smallest absolute Gasteiger partial charge is 0.0959 e. The Morgan fingerprint density at radius 3 is 1.93 bits per heavy atom. The minimum absolute atomic E-state index is 0.981. The van der Waals surface area contributed by atoms with Gasteiger partial charge in [-0.05, 0) is 38.8 Å². The van der Waals surface area contributed by atoms with Crippen molar-refractivity contribution in [2.75, 3.05) is 7.11 Å². The van der Waals surface area contributed by atoms with E-state index in [2.05, 4.69) is 39.0 Å². The summed E-state index contributed by atoms with van der Waals surface area (Å²) in [5, 5.41) is 0. The molecule has 0 aliphatic carbocycles. The molecule has 0 bridgehead atoms. The molecule has 14 heavy (non-hydrogen) atoms. The maximum absolute atomic E-state index is 5.23. The second-order valence-corrected chi connectivity index (χ2v) is 3.76. The third-order valence-corrected chi connectivity index (χ3v) is 2.49. The highest BCUT2D eigenvalue weighted by molar-refractivity contribution is 5.66. The van der Waals surface area contributed by atoms with E-state index in [1.807, 2.05) is 6.92 Å². The van der Waals surface area contributed by atoms with Gasteiger partial charge in [0, 0.05) is 0 Å². The molecule has 0 radical (unpaired) electrons. The van der Waals surface area contributed by atoms with Crippen LogP contribution in [0.4, 0.5) is 0 Å². The fourth-order valence-corrected chi connectivity index (χ4v) is 1.55. The van der Waals surface area contributed by atoms with Crippen LogP contribution < -0.4 is 0 Å². The van der Waals surface area contributed by atoms with Crippen LogP contribution in [0.1, 0.15) is 30.5 Å². The van der Waals surface area contributed by atoms with Crippen LogP contribution in [0, 0.1) is 13.8 Å². The van der Waals surface area contributed by atoms with Gasteiger partial charge in [0.25, 0.3) is 0 Å². The summed E-state index contributed by atoms with van der Waals surface area (Å²) in [4.78, 5) is 0. The van der Waals surface area contributed by atoms with Crippen LogP contribution in [0.2, 0.25) is 0 Å². The number of ether oxygens (including phenoxy) is 1. The van der Waals surface area contributed by atoms with Gasteiger partial charge < -0.3 is 4.74 Å². The van der Waals surface area contributed by atoms with Crippen LogP contribution >= 0.6 is 0 Å². The predicted octanol–water partition coefficient (Wildman–Crippen LogP) is 3.70. The van der Waals surface area contributed by atoms with Crippen molar-refractivity contribution in [3.05, 3.63) is 40.6 Å². The molecule has 0 atom stereocenters. The third-order valence-electron chi connectivity index (χ3n) is 2.49. The SMILES string of the molecule is CO/C(C)=C(/C)c1cc(C)cc(C)c1. The molecule has 0 aliphatic rings. The Morgan fingerprint density at radius 1 is 1.00 bits per heavy atom. The largest absolute Gasteiger partial charge is 0.501 e. The second kappa shape index (κ2) is 4.32. The van der Waals surface area contributed by atoms with Crippen LogP contribution in [0.15, 0.2) is 24.0 Å². The molecule has 0 aliphatic heterocycles. The van der Waals surface area contributed by atoms with Gasteiger partial charge in [0.1, 0.15) is 0 Å². The summed E-state index contributed by atoms with van der Waals surface area (Å²) in [6, 6.07) is 6.55. The fourth-order valence-electron chi connectivity index (χ4n) is 1.55. The minimum atomic E-state index is 0.981. The van der Waals surface area contributed by atoms with E-state index < -0.39 is 0 Å². The van der Waals surface area contributed by atoms with Gasteiger partial charge in [-0.2, -0.15) is 0 Å². The van der Waals surface area contributed by atoms with E-state index in [-0.39, 0.29) is 0 Å². The van der Waals surface area contributed by atoms with Gasteiger partial charge in [0.05, 0.1) is 12.9 Å². The van der Waals surface area contributed by atoms with E-state index in [4.69, 9.17) is 4.74 Å². The maximum Gasteiger partial charge on any atom is 0.0959 e.